The summed E-state index contributed by atoms with van der Waals surface area (Å²) in [5.74, 6) is -2.31. The number of unbranched alkanes of at least 4 members (excludes halogenated alkanes) is 2. The molecule has 5 rings (SSSR count). The van der Waals surface area contributed by atoms with Crippen molar-refractivity contribution in [2.45, 2.75) is 84.3 Å². The van der Waals surface area contributed by atoms with Crippen LogP contribution in [-0.2, 0) is 38.4 Å². The van der Waals surface area contributed by atoms with Crippen molar-refractivity contribution in [2.24, 2.45) is 0 Å². The lowest BCUT2D eigenvalue weighted by Gasteiger charge is -2.32. The topological polar surface area (TPSA) is 139 Å². The van der Waals surface area contributed by atoms with Gasteiger partial charge in [-0.3, -0.25) is 9.59 Å². The number of Topliss-reactive ketones (excluding diaryl/α,β-unsaturated/α-hetero) is 2. The van der Waals surface area contributed by atoms with E-state index < -0.39 is 31.3 Å². The Labute approximate surface area is 272 Å². The molecule has 2 aromatic carbocycles. The number of hydrogen-bond donors (Lipinski definition) is 3. The lowest BCUT2D eigenvalue weighted by Crippen LogP contribution is -2.23. The first kappa shape index (κ1) is 33.5. The van der Waals surface area contributed by atoms with Gasteiger partial charge in [0, 0.05) is 47.5 Å². The van der Waals surface area contributed by atoms with Crippen LogP contribution in [0.1, 0.15) is 112 Å². The van der Waals surface area contributed by atoms with Gasteiger partial charge >= 0.3 is 11.9 Å². The molecule has 0 radical (unpaired) electrons. The van der Waals surface area contributed by atoms with Crippen LogP contribution in [0.5, 0.6) is 0 Å². The minimum atomic E-state index is -1.18. The summed E-state index contributed by atoms with van der Waals surface area (Å²) in [6, 6.07) is 9.62. The van der Waals surface area contributed by atoms with Crippen molar-refractivity contribution < 1.29 is 38.9 Å². The first-order valence-corrected chi connectivity index (χ1v) is 16.9. The third-order valence-electron chi connectivity index (χ3n) is 8.58. The summed E-state index contributed by atoms with van der Waals surface area (Å²) in [4.78, 5) is 52.9. The van der Waals surface area contributed by atoms with Crippen LogP contribution in [0.15, 0.2) is 36.1 Å². The van der Waals surface area contributed by atoms with Crippen molar-refractivity contribution in [3.8, 4) is 0 Å². The van der Waals surface area contributed by atoms with Gasteiger partial charge in [0.2, 0.25) is 0 Å². The zero-order valence-electron chi connectivity index (χ0n) is 26.4. The molecular weight excluding hydrogens is 606 g/mol. The third kappa shape index (κ3) is 7.24. The number of fused-ring (bicyclic) bond motifs is 1. The highest BCUT2D eigenvalue weighted by molar-refractivity contribution is 7.14. The molecule has 0 bridgehead atoms. The third-order valence-corrected chi connectivity index (χ3v) is 9.86. The molecule has 1 atom stereocenters. The predicted molar refractivity (Wildman–Crippen MR) is 177 cm³/mol. The first-order chi connectivity index (χ1) is 22.2. The summed E-state index contributed by atoms with van der Waals surface area (Å²) < 4.78 is 11.8. The predicted octanol–water partition coefficient (Wildman–Crippen LogP) is 6.89. The van der Waals surface area contributed by atoms with E-state index in [1.54, 1.807) is 0 Å². The van der Waals surface area contributed by atoms with Gasteiger partial charge in [-0.2, -0.15) is 0 Å². The Morgan fingerprint density at radius 1 is 0.957 bits per heavy atom. The number of carbonyl (C=O) groups is 4. The molecular formula is C36H41NO8S. The molecule has 2 heterocycles. The van der Waals surface area contributed by atoms with Crippen molar-refractivity contribution >= 4 is 51.2 Å². The van der Waals surface area contributed by atoms with E-state index in [0.29, 0.717) is 40.0 Å². The molecule has 46 heavy (non-hydrogen) atoms. The highest BCUT2D eigenvalue weighted by Gasteiger charge is 2.36. The van der Waals surface area contributed by atoms with Crippen LogP contribution in [0.3, 0.4) is 0 Å². The number of carboxylic acids is 2. The van der Waals surface area contributed by atoms with Crippen molar-refractivity contribution in [2.75, 3.05) is 19.8 Å². The highest BCUT2D eigenvalue weighted by atomic mass is 32.1. The van der Waals surface area contributed by atoms with Crippen LogP contribution in [0.4, 0.5) is 0 Å². The lowest BCUT2D eigenvalue weighted by atomic mass is 9.77. The smallest absolute Gasteiger partial charge is 0.341 e. The number of nitrogens with one attached hydrogen (secondary N) is 1. The number of rotatable bonds is 17. The van der Waals surface area contributed by atoms with E-state index in [-0.39, 0.29) is 30.2 Å². The molecule has 9 nitrogen and oxygen atoms in total. The normalized spacial score (nSPS) is 15.6. The number of allylic oxidation sites excluding steroid dienone is 1. The van der Waals surface area contributed by atoms with E-state index in [1.165, 1.54) is 16.2 Å². The number of carbonyl (C=O) groups excluding carboxylic acids is 2. The fraction of sp³-hybridized carbons (Fsp3) is 0.444. The molecule has 3 aromatic rings. The van der Waals surface area contributed by atoms with Crippen molar-refractivity contribution in [1.82, 2.24) is 5.32 Å². The zero-order chi connectivity index (χ0) is 32.8. The lowest BCUT2D eigenvalue weighted by molar-refractivity contribution is -0.146. The molecule has 10 heteroatoms. The van der Waals surface area contributed by atoms with Crippen LogP contribution >= 0.6 is 11.3 Å². The quantitative estimate of drug-likeness (QED) is 0.134. The van der Waals surface area contributed by atoms with Crippen LogP contribution in [-0.4, -0.2) is 53.5 Å². The van der Waals surface area contributed by atoms with Gasteiger partial charge in [-0.15, -0.1) is 11.3 Å². The Morgan fingerprint density at radius 2 is 1.70 bits per heavy atom. The Kier molecular flexibility index (Phi) is 11.0. The summed E-state index contributed by atoms with van der Waals surface area (Å²) in [6.45, 7) is 4.52. The highest BCUT2D eigenvalue weighted by Crippen LogP contribution is 2.48. The van der Waals surface area contributed by atoms with Gasteiger partial charge in [-0.1, -0.05) is 51.0 Å². The number of thiophene rings is 1. The number of benzene rings is 2. The van der Waals surface area contributed by atoms with Crippen LogP contribution < -0.4 is 5.32 Å². The van der Waals surface area contributed by atoms with Crippen molar-refractivity contribution in [3.63, 3.8) is 0 Å². The second-order valence-corrected chi connectivity index (χ2v) is 13.0. The van der Waals surface area contributed by atoms with Crippen LogP contribution in [0.25, 0.3) is 16.3 Å². The van der Waals surface area contributed by atoms with Gasteiger partial charge in [-0.25, -0.2) is 9.59 Å². The van der Waals surface area contributed by atoms with E-state index in [9.17, 15) is 29.4 Å². The standard InChI is InChI=1S/C36H41NO8S/c1-3-5-8-22-16-21-9-7-11-24-32(21)34(25(10-6-4-2)36(45-20-31(42)43)35(24)44-19-30(40)41)33(22)27(39)13-12-26(38)29-17-23-18-37-15-14-28(23)46-29/h7,9,11,16-17,35,37H,3-6,8,10,12-15,18-20H2,1-2H3,(H,40,41)(H,42,43). The minimum Gasteiger partial charge on any atom is -0.483 e. The largest absolute Gasteiger partial charge is 0.483 e. The molecule has 1 aliphatic heterocycles. The summed E-state index contributed by atoms with van der Waals surface area (Å²) in [6.07, 6.45) is 4.54. The molecule has 0 saturated heterocycles. The summed E-state index contributed by atoms with van der Waals surface area (Å²) >= 11 is 1.52. The number of ether oxygens (including phenoxy) is 2. The Morgan fingerprint density at radius 3 is 2.41 bits per heavy atom. The monoisotopic (exact) mass is 647 g/mol. The molecule has 1 aliphatic carbocycles. The minimum absolute atomic E-state index is 0.0325. The summed E-state index contributed by atoms with van der Waals surface area (Å²) in [5, 5.41) is 24.0. The maximum absolute atomic E-state index is 14.4. The maximum atomic E-state index is 14.4. The molecule has 0 spiro atoms. The molecule has 244 valence electrons. The van der Waals surface area contributed by atoms with E-state index in [0.717, 1.165) is 67.1 Å². The summed E-state index contributed by atoms with van der Waals surface area (Å²) in [7, 11) is 0. The first-order valence-electron chi connectivity index (χ1n) is 16.1. The summed E-state index contributed by atoms with van der Waals surface area (Å²) in [5.41, 5.74) is 4.55. The van der Waals surface area contributed by atoms with Gasteiger partial charge in [0.1, 0.15) is 18.5 Å². The fourth-order valence-corrected chi connectivity index (χ4v) is 7.61. The van der Waals surface area contributed by atoms with Gasteiger partial charge in [0.05, 0.1) is 4.88 Å². The van der Waals surface area contributed by atoms with Crippen LogP contribution in [0.2, 0.25) is 0 Å². The van der Waals surface area contributed by atoms with E-state index >= 15 is 0 Å². The molecule has 1 unspecified atom stereocenters. The molecule has 0 saturated carbocycles. The van der Waals surface area contributed by atoms with E-state index in [4.69, 9.17) is 9.47 Å². The number of carboxylic acid groups (broad SMARTS) is 2. The number of hydrogen-bond acceptors (Lipinski definition) is 8. The fourth-order valence-electron chi connectivity index (χ4n) is 6.46. The van der Waals surface area contributed by atoms with E-state index in [2.05, 4.69) is 12.2 Å². The average molecular weight is 648 g/mol. The molecule has 1 aromatic heterocycles. The van der Waals surface area contributed by atoms with Gasteiger partial charge in [-0.05, 0) is 65.6 Å². The number of aliphatic carboxylic acids is 2. The van der Waals surface area contributed by atoms with E-state index in [1.807, 2.05) is 37.3 Å². The van der Waals surface area contributed by atoms with Gasteiger partial charge < -0.3 is 25.0 Å². The van der Waals surface area contributed by atoms with Gasteiger partial charge in [0.25, 0.3) is 0 Å². The second kappa shape index (κ2) is 15.2. The Hall–Kier alpha value is -3.86. The van der Waals surface area contributed by atoms with Crippen molar-refractivity contribution in [3.05, 3.63) is 73.7 Å². The number of ketones is 2. The number of aryl methyl sites for hydroxylation is 1. The van der Waals surface area contributed by atoms with Crippen molar-refractivity contribution in [1.29, 1.82) is 0 Å². The Balaban J connectivity index is 1.63. The molecule has 3 N–H and O–H groups in total. The second-order valence-electron chi connectivity index (χ2n) is 11.9. The molecule has 2 aliphatic rings. The zero-order valence-corrected chi connectivity index (χ0v) is 27.2. The van der Waals surface area contributed by atoms with Gasteiger partial charge in [0.15, 0.2) is 18.2 Å². The molecule has 0 fully saturated rings. The average Bonchev–Trinajstić information content (AvgIpc) is 3.48. The molecule has 0 amide bonds. The maximum Gasteiger partial charge on any atom is 0.341 e. The SMILES string of the molecule is CCCCC1=C(OCC(=O)O)C(OCC(=O)O)c2cccc3cc(CCCC)c(C(=O)CCC(=O)c4cc5c(s4)CCNC5)c1c23. The Bertz CT molecular complexity index is 1660. The van der Waals surface area contributed by atoms with Crippen LogP contribution in [0, 0.1) is 0 Å².